The number of piperidine rings is 2. The zero-order valence-corrected chi connectivity index (χ0v) is 13.9. The number of aryl methyl sites for hydroxylation is 2. The van der Waals surface area contributed by atoms with Crippen molar-refractivity contribution in [3.05, 3.63) is 34.9 Å². The predicted molar refractivity (Wildman–Crippen MR) is 89.7 cm³/mol. The number of nitrogens with zero attached hydrogens (tertiary/aromatic N) is 1. The number of rotatable bonds is 2. The van der Waals surface area contributed by atoms with Crippen molar-refractivity contribution in [1.82, 2.24) is 10.2 Å². The van der Waals surface area contributed by atoms with Crippen LogP contribution in [0.4, 0.5) is 0 Å². The van der Waals surface area contributed by atoms with Gasteiger partial charge in [-0.1, -0.05) is 29.3 Å². The average Bonchev–Trinajstić information content (AvgIpc) is 2.46. The van der Waals surface area contributed by atoms with Crippen molar-refractivity contribution in [2.24, 2.45) is 5.41 Å². The van der Waals surface area contributed by atoms with Gasteiger partial charge in [-0.05, 0) is 70.5 Å². The molecule has 0 aliphatic carbocycles. The molecule has 2 heterocycles. The second kappa shape index (κ2) is 6.10. The third-order valence-electron chi connectivity index (χ3n) is 5.53. The predicted octanol–water partition coefficient (Wildman–Crippen LogP) is 3.83. The largest absolute Gasteiger partial charge is 0.316 e. The minimum atomic E-state index is 0.544. The molecule has 2 heteroatoms. The van der Waals surface area contributed by atoms with Gasteiger partial charge in [0.1, 0.15) is 0 Å². The Kier molecular flexibility index (Phi) is 4.37. The van der Waals surface area contributed by atoms with Crippen LogP contribution in [-0.4, -0.2) is 31.1 Å². The Labute approximate surface area is 129 Å². The van der Waals surface area contributed by atoms with Crippen LogP contribution in [0, 0.1) is 19.3 Å². The summed E-state index contributed by atoms with van der Waals surface area (Å²) in [5.41, 5.74) is 4.82. The molecule has 2 saturated heterocycles. The van der Waals surface area contributed by atoms with Gasteiger partial charge in [0.15, 0.2) is 0 Å². The van der Waals surface area contributed by atoms with Crippen molar-refractivity contribution in [2.45, 2.75) is 52.5 Å². The van der Waals surface area contributed by atoms with Gasteiger partial charge in [0.05, 0.1) is 0 Å². The van der Waals surface area contributed by atoms with Gasteiger partial charge in [-0.25, -0.2) is 0 Å². The van der Waals surface area contributed by atoms with Crippen LogP contribution >= 0.6 is 0 Å². The molecule has 0 saturated carbocycles. The summed E-state index contributed by atoms with van der Waals surface area (Å²) in [5, 5.41) is 3.64. The van der Waals surface area contributed by atoms with Crippen molar-refractivity contribution in [1.29, 1.82) is 0 Å². The molecule has 2 aliphatic heterocycles. The first-order valence-electron chi connectivity index (χ1n) is 8.61. The molecule has 2 aliphatic rings. The molecular formula is C19H30N2. The van der Waals surface area contributed by atoms with Crippen LogP contribution in [0.25, 0.3) is 0 Å². The van der Waals surface area contributed by atoms with Crippen LogP contribution in [0.3, 0.4) is 0 Å². The Balaban J connectivity index is 1.76. The van der Waals surface area contributed by atoms with E-state index in [0.29, 0.717) is 11.5 Å². The lowest BCUT2D eigenvalue weighted by molar-refractivity contribution is 0.0415. The molecule has 21 heavy (non-hydrogen) atoms. The topological polar surface area (TPSA) is 15.3 Å². The molecule has 1 aromatic carbocycles. The second-order valence-corrected chi connectivity index (χ2v) is 7.45. The first-order valence-corrected chi connectivity index (χ1v) is 8.61. The quantitative estimate of drug-likeness (QED) is 0.889. The molecule has 116 valence electrons. The molecule has 0 radical (unpaired) electrons. The third kappa shape index (κ3) is 3.32. The fourth-order valence-corrected chi connectivity index (χ4v) is 4.42. The van der Waals surface area contributed by atoms with Gasteiger partial charge in [-0.2, -0.15) is 0 Å². The maximum absolute atomic E-state index is 3.64. The molecule has 2 nitrogen and oxygen atoms in total. The SMILES string of the molecule is Cc1cc(C)cc(C(C)N2CCCC3(CCCNC3)C2)c1. The first kappa shape index (κ1) is 15.1. The minimum absolute atomic E-state index is 0.544. The van der Waals surface area contributed by atoms with Gasteiger partial charge in [0.2, 0.25) is 0 Å². The van der Waals surface area contributed by atoms with E-state index in [4.69, 9.17) is 0 Å². The van der Waals surface area contributed by atoms with Crippen LogP contribution in [-0.2, 0) is 0 Å². The second-order valence-electron chi connectivity index (χ2n) is 7.45. The van der Waals surface area contributed by atoms with E-state index in [0.717, 1.165) is 0 Å². The Hall–Kier alpha value is -0.860. The van der Waals surface area contributed by atoms with Crippen molar-refractivity contribution >= 4 is 0 Å². The molecule has 1 spiro atoms. The molecule has 0 aromatic heterocycles. The Morgan fingerprint density at radius 3 is 2.48 bits per heavy atom. The lowest BCUT2D eigenvalue weighted by Crippen LogP contribution is -2.51. The molecule has 1 aromatic rings. The molecule has 3 rings (SSSR count). The summed E-state index contributed by atoms with van der Waals surface area (Å²) in [6.07, 6.45) is 5.54. The summed E-state index contributed by atoms with van der Waals surface area (Å²) >= 11 is 0. The standard InChI is InChI=1S/C19H30N2/c1-15-10-16(2)12-18(11-15)17(3)21-9-5-7-19(14-21)6-4-8-20-13-19/h10-12,17,20H,4-9,13-14H2,1-3H3. The maximum Gasteiger partial charge on any atom is 0.0320 e. The van der Waals surface area contributed by atoms with Crippen molar-refractivity contribution in [3.8, 4) is 0 Å². The zero-order chi connectivity index (χ0) is 14.9. The fraction of sp³-hybridized carbons (Fsp3) is 0.684. The monoisotopic (exact) mass is 286 g/mol. The van der Waals surface area contributed by atoms with Gasteiger partial charge >= 0.3 is 0 Å². The number of hydrogen-bond donors (Lipinski definition) is 1. The van der Waals surface area contributed by atoms with E-state index in [2.05, 4.69) is 49.2 Å². The molecule has 2 unspecified atom stereocenters. The van der Waals surface area contributed by atoms with Crippen LogP contribution in [0.15, 0.2) is 18.2 Å². The van der Waals surface area contributed by atoms with Gasteiger partial charge in [0.25, 0.3) is 0 Å². The van der Waals surface area contributed by atoms with E-state index in [9.17, 15) is 0 Å². The van der Waals surface area contributed by atoms with E-state index in [1.165, 1.54) is 68.6 Å². The zero-order valence-electron chi connectivity index (χ0n) is 13.9. The normalized spacial score (nSPS) is 28.7. The number of hydrogen-bond acceptors (Lipinski definition) is 2. The highest BCUT2D eigenvalue weighted by atomic mass is 15.2. The van der Waals surface area contributed by atoms with Gasteiger partial charge in [-0.3, -0.25) is 4.90 Å². The molecule has 0 bridgehead atoms. The van der Waals surface area contributed by atoms with Crippen LogP contribution < -0.4 is 5.32 Å². The number of nitrogens with one attached hydrogen (secondary N) is 1. The van der Waals surface area contributed by atoms with Gasteiger partial charge < -0.3 is 5.32 Å². The van der Waals surface area contributed by atoms with Crippen LogP contribution in [0.5, 0.6) is 0 Å². The molecule has 1 N–H and O–H groups in total. The minimum Gasteiger partial charge on any atom is -0.316 e. The van der Waals surface area contributed by atoms with Crippen molar-refractivity contribution < 1.29 is 0 Å². The highest BCUT2D eigenvalue weighted by molar-refractivity contribution is 5.30. The highest BCUT2D eigenvalue weighted by Gasteiger charge is 2.37. The van der Waals surface area contributed by atoms with E-state index >= 15 is 0 Å². The number of likely N-dealkylation sites (tertiary alicyclic amines) is 1. The molecule has 0 amide bonds. The van der Waals surface area contributed by atoms with Crippen molar-refractivity contribution in [2.75, 3.05) is 26.2 Å². The lowest BCUT2D eigenvalue weighted by atomic mass is 9.74. The summed E-state index contributed by atoms with van der Waals surface area (Å²) in [5.74, 6) is 0. The summed E-state index contributed by atoms with van der Waals surface area (Å²) in [7, 11) is 0. The molecule has 2 fully saturated rings. The van der Waals surface area contributed by atoms with Crippen molar-refractivity contribution in [3.63, 3.8) is 0 Å². The molecular weight excluding hydrogens is 256 g/mol. The lowest BCUT2D eigenvalue weighted by Gasteiger charge is -2.47. The van der Waals surface area contributed by atoms with Gasteiger partial charge in [0, 0.05) is 19.1 Å². The highest BCUT2D eigenvalue weighted by Crippen LogP contribution is 2.38. The van der Waals surface area contributed by atoms with Crippen LogP contribution in [0.2, 0.25) is 0 Å². The average molecular weight is 286 g/mol. The maximum atomic E-state index is 3.64. The summed E-state index contributed by atoms with van der Waals surface area (Å²) < 4.78 is 0. The summed E-state index contributed by atoms with van der Waals surface area (Å²) in [4.78, 5) is 2.73. The Morgan fingerprint density at radius 1 is 1.10 bits per heavy atom. The van der Waals surface area contributed by atoms with Gasteiger partial charge in [-0.15, -0.1) is 0 Å². The molecule has 2 atom stereocenters. The van der Waals surface area contributed by atoms with E-state index in [-0.39, 0.29) is 0 Å². The fourth-order valence-electron chi connectivity index (χ4n) is 4.42. The summed E-state index contributed by atoms with van der Waals surface area (Å²) in [6.45, 7) is 11.8. The smallest absolute Gasteiger partial charge is 0.0320 e. The van der Waals surface area contributed by atoms with Crippen LogP contribution in [0.1, 0.15) is 55.3 Å². The Bertz CT molecular complexity index is 463. The third-order valence-corrected chi connectivity index (χ3v) is 5.53. The van der Waals surface area contributed by atoms with E-state index in [1.54, 1.807) is 0 Å². The first-order chi connectivity index (χ1) is 10.1. The van der Waals surface area contributed by atoms with E-state index in [1.807, 2.05) is 0 Å². The number of benzene rings is 1. The Morgan fingerprint density at radius 2 is 1.81 bits per heavy atom. The van der Waals surface area contributed by atoms with E-state index < -0.39 is 0 Å². The summed E-state index contributed by atoms with van der Waals surface area (Å²) in [6, 6.07) is 7.57.